The molecule has 0 unspecified atom stereocenters. The van der Waals surface area contributed by atoms with Gasteiger partial charge in [-0.3, -0.25) is 0 Å². The molecule has 0 aliphatic heterocycles. The SMILES string of the molecule is CC(C)(C)[c-]1ccc2ccc3ccccc3c21.[CH3-].[CH3-].[CH3-].[CH3-].[CH3-].[CH3-].[CH3-].[Hf].c1cc[cH-]c1. The molecular weight excluding hydrogens is 527 g/mol. The molecule has 0 saturated carbocycles. The summed E-state index contributed by atoms with van der Waals surface area (Å²) in [7, 11) is 0. The fourth-order valence-corrected chi connectivity index (χ4v) is 2.93. The molecule has 4 aromatic rings. The van der Waals surface area contributed by atoms with Gasteiger partial charge >= 0.3 is 0 Å². The van der Waals surface area contributed by atoms with Crippen LogP contribution in [0.4, 0.5) is 0 Å². The summed E-state index contributed by atoms with van der Waals surface area (Å²) in [5, 5.41) is 5.49. The van der Waals surface area contributed by atoms with Crippen molar-refractivity contribution in [1.82, 2.24) is 0 Å². The molecule has 4 rings (SSSR count). The van der Waals surface area contributed by atoms with Crippen molar-refractivity contribution in [2.24, 2.45) is 0 Å². The van der Waals surface area contributed by atoms with Crippen molar-refractivity contribution in [2.45, 2.75) is 26.2 Å². The van der Waals surface area contributed by atoms with Gasteiger partial charge in [-0.2, -0.15) is 24.3 Å². The maximum Gasteiger partial charge on any atom is 0 e. The van der Waals surface area contributed by atoms with Gasteiger partial charge in [-0.1, -0.05) is 61.9 Å². The second-order valence-electron chi connectivity index (χ2n) is 6.71. The smallest absolute Gasteiger partial charge is 0 e. The molecule has 0 bridgehead atoms. The first-order valence-corrected chi connectivity index (χ1v) is 7.82. The molecule has 0 fully saturated rings. The van der Waals surface area contributed by atoms with Crippen molar-refractivity contribution < 1.29 is 25.8 Å². The van der Waals surface area contributed by atoms with Gasteiger partial charge < -0.3 is 52.0 Å². The largest absolute Gasteiger partial charge is 0.358 e. The minimum absolute atomic E-state index is 0. The molecule has 0 N–H and O–H groups in total. The minimum atomic E-state index is 0. The molecule has 0 radical (unpaired) electrons. The minimum Gasteiger partial charge on any atom is -0.358 e. The van der Waals surface area contributed by atoms with Gasteiger partial charge in [-0.15, -0.1) is 28.5 Å². The van der Waals surface area contributed by atoms with Crippen LogP contribution in [-0.2, 0) is 31.3 Å². The van der Waals surface area contributed by atoms with E-state index in [1.165, 1.54) is 27.1 Å². The fourth-order valence-electron chi connectivity index (χ4n) is 2.93. The third kappa shape index (κ3) is 9.56. The predicted molar refractivity (Wildman–Crippen MR) is 143 cm³/mol. The van der Waals surface area contributed by atoms with Crippen LogP contribution in [0.15, 0.2) is 78.9 Å². The molecule has 172 valence electrons. The molecule has 0 heterocycles. The van der Waals surface area contributed by atoms with E-state index in [0.717, 1.165) is 0 Å². The quantitative estimate of drug-likeness (QED) is 0.146. The molecule has 4 aromatic carbocycles. The first-order valence-electron chi connectivity index (χ1n) is 7.82. The molecule has 0 aromatic heterocycles. The van der Waals surface area contributed by atoms with Crippen molar-refractivity contribution in [1.29, 1.82) is 0 Å². The van der Waals surface area contributed by atoms with Gasteiger partial charge in [0.1, 0.15) is 0 Å². The van der Waals surface area contributed by atoms with Gasteiger partial charge in [0.25, 0.3) is 0 Å². The summed E-state index contributed by atoms with van der Waals surface area (Å²) in [6, 6.07) is 27.6. The zero-order chi connectivity index (χ0) is 15.6. The Balaban J connectivity index is -0.0000000997. The summed E-state index contributed by atoms with van der Waals surface area (Å²) < 4.78 is 0. The van der Waals surface area contributed by atoms with E-state index in [1.807, 2.05) is 30.3 Å². The predicted octanol–water partition coefficient (Wildman–Crippen LogP) is 9.56. The second kappa shape index (κ2) is 18.3. The van der Waals surface area contributed by atoms with Crippen molar-refractivity contribution in [3.63, 3.8) is 0 Å². The van der Waals surface area contributed by atoms with Gasteiger partial charge in [0.15, 0.2) is 0 Å². The summed E-state index contributed by atoms with van der Waals surface area (Å²) in [6.07, 6.45) is 0. The second-order valence-corrected chi connectivity index (χ2v) is 6.71. The summed E-state index contributed by atoms with van der Waals surface area (Å²) in [5.74, 6) is 0. The summed E-state index contributed by atoms with van der Waals surface area (Å²) >= 11 is 0. The van der Waals surface area contributed by atoms with Gasteiger partial charge in [-0.05, 0) is 5.41 Å². The molecule has 1 heteroatoms. The number of hydrogen-bond acceptors (Lipinski definition) is 0. The van der Waals surface area contributed by atoms with Crippen molar-refractivity contribution >= 4 is 21.5 Å². The average molecular weight is 570 g/mol. The third-order valence-corrected chi connectivity index (χ3v) is 4.02. The Kier molecular flexibility index (Phi) is 26.0. The molecule has 0 saturated heterocycles. The summed E-state index contributed by atoms with van der Waals surface area (Å²) in [4.78, 5) is 0. The Morgan fingerprint density at radius 2 is 1.13 bits per heavy atom. The fraction of sp³-hybridized carbons (Fsp3) is 0.138. The van der Waals surface area contributed by atoms with Crippen LogP contribution in [0.1, 0.15) is 26.3 Å². The van der Waals surface area contributed by atoms with Crippen molar-refractivity contribution in [2.75, 3.05) is 0 Å². The zero-order valence-corrected chi connectivity index (χ0v) is 24.6. The van der Waals surface area contributed by atoms with E-state index in [-0.39, 0.29) is 83.2 Å². The molecule has 30 heavy (non-hydrogen) atoms. The number of benzene rings is 2. The van der Waals surface area contributed by atoms with Crippen LogP contribution in [0, 0.1) is 52.0 Å². The van der Waals surface area contributed by atoms with E-state index >= 15 is 0 Å². The van der Waals surface area contributed by atoms with Crippen LogP contribution in [0.3, 0.4) is 0 Å². The normalized spacial score (nSPS) is 8.37. The first-order chi connectivity index (χ1) is 10.6. The van der Waals surface area contributed by atoms with Gasteiger partial charge in [0, 0.05) is 25.8 Å². The van der Waals surface area contributed by atoms with Crippen LogP contribution >= 0.6 is 0 Å². The van der Waals surface area contributed by atoms with E-state index < -0.39 is 0 Å². The van der Waals surface area contributed by atoms with E-state index in [9.17, 15) is 0 Å². The Hall–Kier alpha value is -1.47. The van der Waals surface area contributed by atoms with Gasteiger partial charge in [0.05, 0.1) is 0 Å². The Bertz CT molecular complexity index is 841. The van der Waals surface area contributed by atoms with Crippen LogP contribution in [0.25, 0.3) is 21.5 Å². The average Bonchev–Trinajstić information content (AvgIpc) is 3.19. The van der Waals surface area contributed by atoms with Crippen LogP contribution in [0.2, 0.25) is 0 Å². The zero-order valence-electron chi connectivity index (χ0n) is 21.0. The standard InChI is InChI=1S/C17H17.C5H5.7CH3.Hf/c1-17(2,3)15-11-10-13-9-8-12-6-4-5-7-14(12)16(13)15;1-2-4-5-3-1;;;;;;;;/h4-11H,1-3H3;1-5H;7*1H3;/q9*-1;. The van der Waals surface area contributed by atoms with Crippen LogP contribution in [0.5, 0.6) is 0 Å². The molecular formula is C29H43Hf-9. The molecule has 0 spiro atoms. The number of hydrogen-bond donors (Lipinski definition) is 0. The Morgan fingerprint density at radius 1 is 0.633 bits per heavy atom. The topological polar surface area (TPSA) is 0 Å². The van der Waals surface area contributed by atoms with E-state index in [0.29, 0.717) is 0 Å². The third-order valence-electron chi connectivity index (χ3n) is 4.02. The molecule has 0 amide bonds. The molecule has 0 aliphatic carbocycles. The summed E-state index contributed by atoms with van der Waals surface area (Å²) in [6.45, 7) is 6.84. The van der Waals surface area contributed by atoms with Crippen molar-refractivity contribution in [3.05, 3.63) is 136 Å². The maximum absolute atomic E-state index is 2.28. The molecule has 0 nitrogen and oxygen atoms in total. The van der Waals surface area contributed by atoms with Gasteiger partial charge in [-0.25, -0.2) is 12.1 Å². The van der Waals surface area contributed by atoms with E-state index in [4.69, 9.17) is 0 Å². The summed E-state index contributed by atoms with van der Waals surface area (Å²) in [5.41, 5.74) is 1.65. The van der Waals surface area contributed by atoms with Gasteiger partial charge in [0.2, 0.25) is 0 Å². The number of fused-ring (bicyclic) bond motifs is 3. The maximum atomic E-state index is 2.28. The van der Waals surface area contributed by atoms with Crippen LogP contribution < -0.4 is 0 Å². The monoisotopic (exact) mass is 571 g/mol. The number of rotatable bonds is 0. The molecule has 0 atom stereocenters. The van der Waals surface area contributed by atoms with E-state index in [1.54, 1.807) is 0 Å². The molecule has 0 aliphatic rings. The Labute approximate surface area is 209 Å². The Morgan fingerprint density at radius 3 is 1.60 bits per heavy atom. The van der Waals surface area contributed by atoms with Crippen LogP contribution in [-0.4, -0.2) is 0 Å². The van der Waals surface area contributed by atoms with E-state index in [2.05, 4.69) is 69.3 Å². The van der Waals surface area contributed by atoms with Crippen molar-refractivity contribution in [3.8, 4) is 0 Å². The first kappa shape index (κ1) is 42.6.